The molecule has 1 saturated heterocycles. The van der Waals surface area contributed by atoms with E-state index in [-0.39, 0.29) is 17.6 Å². The van der Waals surface area contributed by atoms with Crippen LogP contribution < -0.4 is 0 Å². The molecule has 0 bridgehead atoms. The van der Waals surface area contributed by atoms with Crippen LogP contribution in [0.2, 0.25) is 0 Å². The Morgan fingerprint density at radius 1 is 0.903 bits per heavy atom. The van der Waals surface area contributed by atoms with Crippen molar-refractivity contribution in [2.45, 2.75) is 18.9 Å². The summed E-state index contributed by atoms with van der Waals surface area (Å²) in [6.45, 7) is 4.13. The van der Waals surface area contributed by atoms with Crippen molar-refractivity contribution in [3.63, 3.8) is 0 Å². The Labute approximate surface area is 192 Å². The van der Waals surface area contributed by atoms with Gasteiger partial charge in [0.1, 0.15) is 5.75 Å². The fourth-order valence-corrected chi connectivity index (χ4v) is 4.58. The predicted octanol–water partition coefficient (Wildman–Crippen LogP) is 5.02. The average molecular weight is 479 g/mol. The maximum Gasteiger partial charge on any atom is 0.223 e. The molecule has 4 nitrogen and oxygen atoms in total. The third-order valence-electron chi connectivity index (χ3n) is 5.92. The molecule has 0 spiro atoms. The Hall–Kier alpha value is -2.63. The zero-order valence-electron chi connectivity index (χ0n) is 17.5. The Morgan fingerprint density at radius 2 is 1.55 bits per heavy atom. The molecule has 0 aliphatic carbocycles. The Bertz CT molecular complexity index is 1000. The van der Waals surface area contributed by atoms with Crippen molar-refractivity contribution in [3.05, 3.63) is 100 Å². The smallest absolute Gasteiger partial charge is 0.223 e. The van der Waals surface area contributed by atoms with Crippen molar-refractivity contribution in [1.29, 1.82) is 0 Å². The van der Waals surface area contributed by atoms with Gasteiger partial charge in [-0.25, -0.2) is 0 Å². The van der Waals surface area contributed by atoms with Crippen LogP contribution >= 0.6 is 15.9 Å². The number of halogens is 1. The number of hydrogen-bond acceptors (Lipinski definition) is 3. The molecule has 160 valence electrons. The summed E-state index contributed by atoms with van der Waals surface area (Å²) in [5.74, 6) is 0.165. The van der Waals surface area contributed by atoms with Crippen molar-refractivity contribution in [2.24, 2.45) is 0 Å². The first-order valence-electron chi connectivity index (χ1n) is 10.7. The number of benzene rings is 3. The summed E-state index contributed by atoms with van der Waals surface area (Å²) < 4.78 is 0.892. The maximum absolute atomic E-state index is 13.2. The number of piperazine rings is 1. The molecule has 1 amide bonds. The van der Waals surface area contributed by atoms with Crippen molar-refractivity contribution < 1.29 is 9.90 Å². The number of rotatable bonds is 6. The van der Waals surface area contributed by atoms with Gasteiger partial charge in [0, 0.05) is 55.1 Å². The fourth-order valence-electron chi connectivity index (χ4n) is 4.20. The lowest BCUT2D eigenvalue weighted by Crippen LogP contribution is -2.48. The van der Waals surface area contributed by atoms with Crippen LogP contribution in [0.15, 0.2) is 83.3 Å². The quantitative estimate of drug-likeness (QED) is 0.540. The second kappa shape index (κ2) is 10.1. The van der Waals surface area contributed by atoms with Gasteiger partial charge in [-0.2, -0.15) is 0 Å². The molecule has 1 atom stereocenters. The molecule has 1 heterocycles. The number of carbonyl (C=O) groups is 1. The van der Waals surface area contributed by atoms with Crippen LogP contribution in [-0.2, 0) is 11.3 Å². The summed E-state index contributed by atoms with van der Waals surface area (Å²) in [7, 11) is 0. The van der Waals surface area contributed by atoms with Gasteiger partial charge in [-0.15, -0.1) is 0 Å². The SMILES string of the molecule is O=C(C[C@@H](c1ccccc1)c1cc(Br)ccc1O)N1CCN(Cc2ccccc2)CC1. The van der Waals surface area contributed by atoms with Crippen LogP contribution in [0.1, 0.15) is 29.0 Å². The van der Waals surface area contributed by atoms with E-state index in [0.717, 1.165) is 48.3 Å². The van der Waals surface area contributed by atoms with E-state index in [9.17, 15) is 9.90 Å². The molecule has 3 aromatic carbocycles. The summed E-state index contributed by atoms with van der Waals surface area (Å²) in [5.41, 5.74) is 3.11. The minimum Gasteiger partial charge on any atom is -0.508 e. The van der Waals surface area contributed by atoms with Crippen molar-refractivity contribution in [2.75, 3.05) is 26.2 Å². The number of phenolic OH excluding ortho intramolecular Hbond substituents is 1. The molecule has 1 fully saturated rings. The summed E-state index contributed by atoms with van der Waals surface area (Å²) in [4.78, 5) is 17.6. The Morgan fingerprint density at radius 3 is 2.23 bits per heavy atom. The third-order valence-corrected chi connectivity index (χ3v) is 6.41. The highest BCUT2D eigenvalue weighted by atomic mass is 79.9. The first-order chi connectivity index (χ1) is 15.1. The molecule has 0 radical (unpaired) electrons. The Balaban J connectivity index is 1.44. The molecule has 3 aromatic rings. The highest BCUT2D eigenvalue weighted by Gasteiger charge is 2.26. The molecule has 1 aliphatic heterocycles. The van der Waals surface area contributed by atoms with Gasteiger partial charge in [-0.3, -0.25) is 9.69 Å². The van der Waals surface area contributed by atoms with Gasteiger partial charge in [-0.05, 0) is 29.3 Å². The van der Waals surface area contributed by atoms with Crippen LogP contribution in [0.3, 0.4) is 0 Å². The van der Waals surface area contributed by atoms with Gasteiger partial charge in [-0.1, -0.05) is 76.6 Å². The Kier molecular flexibility index (Phi) is 7.05. The molecule has 1 N–H and O–H groups in total. The van der Waals surface area contributed by atoms with E-state index >= 15 is 0 Å². The average Bonchev–Trinajstić information content (AvgIpc) is 2.81. The van der Waals surface area contributed by atoms with E-state index in [1.165, 1.54) is 5.56 Å². The largest absolute Gasteiger partial charge is 0.508 e. The number of aromatic hydroxyl groups is 1. The molecule has 0 aromatic heterocycles. The molecule has 1 aliphatic rings. The van der Waals surface area contributed by atoms with Gasteiger partial charge < -0.3 is 10.0 Å². The van der Waals surface area contributed by atoms with Gasteiger partial charge in [0.2, 0.25) is 5.91 Å². The highest BCUT2D eigenvalue weighted by Crippen LogP contribution is 2.36. The van der Waals surface area contributed by atoms with E-state index in [1.54, 1.807) is 6.07 Å². The van der Waals surface area contributed by atoms with E-state index in [2.05, 4.69) is 45.1 Å². The van der Waals surface area contributed by atoms with Crippen LogP contribution in [0.25, 0.3) is 0 Å². The molecule has 31 heavy (non-hydrogen) atoms. The summed E-state index contributed by atoms with van der Waals surface area (Å²) in [5, 5.41) is 10.5. The molecular formula is C26H27BrN2O2. The summed E-state index contributed by atoms with van der Waals surface area (Å²) in [6.07, 6.45) is 0.340. The summed E-state index contributed by atoms with van der Waals surface area (Å²) in [6, 6.07) is 25.8. The van der Waals surface area contributed by atoms with Gasteiger partial charge >= 0.3 is 0 Å². The number of phenols is 1. The normalized spacial score (nSPS) is 15.6. The number of amides is 1. The summed E-state index contributed by atoms with van der Waals surface area (Å²) >= 11 is 3.50. The molecule has 4 rings (SSSR count). The van der Waals surface area contributed by atoms with Crippen LogP contribution in [-0.4, -0.2) is 47.0 Å². The van der Waals surface area contributed by atoms with E-state index in [1.807, 2.05) is 53.4 Å². The van der Waals surface area contributed by atoms with E-state index in [0.29, 0.717) is 6.42 Å². The van der Waals surface area contributed by atoms with Crippen LogP contribution in [0.5, 0.6) is 5.75 Å². The lowest BCUT2D eigenvalue weighted by atomic mass is 9.87. The molecule has 0 saturated carbocycles. The minimum absolute atomic E-state index is 0.132. The standard InChI is InChI=1S/C26H27BrN2O2/c27-22-11-12-25(30)24(17-22)23(21-9-5-2-6-10-21)18-26(31)29-15-13-28(14-16-29)19-20-7-3-1-4-8-20/h1-12,17,23,30H,13-16,18-19H2/t23-/m0/s1. The van der Waals surface area contributed by atoms with Gasteiger partial charge in [0.05, 0.1) is 0 Å². The first kappa shape index (κ1) is 21.6. The monoisotopic (exact) mass is 478 g/mol. The van der Waals surface area contributed by atoms with Crippen molar-refractivity contribution >= 4 is 21.8 Å². The molecular weight excluding hydrogens is 452 g/mol. The minimum atomic E-state index is -0.187. The molecule has 0 unspecified atom stereocenters. The molecule has 5 heteroatoms. The second-order valence-electron chi connectivity index (χ2n) is 8.01. The van der Waals surface area contributed by atoms with E-state index in [4.69, 9.17) is 0 Å². The van der Waals surface area contributed by atoms with Crippen LogP contribution in [0.4, 0.5) is 0 Å². The van der Waals surface area contributed by atoms with Gasteiger partial charge in [0.15, 0.2) is 0 Å². The fraction of sp³-hybridized carbons (Fsp3) is 0.269. The topological polar surface area (TPSA) is 43.8 Å². The number of carbonyl (C=O) groups excluding carboxylic acids is 1. The van der Waals surface area contributed by atoms with Crippen molar-refractivity contribution in [1.82, 2.24) is 9.80 Å². The lowest BCUT2D eigenvalue weighted by molar-refractivity contribution is -0.133. The second-order valence-corrected chi connectivity index (χ2v) is 8.93. The zero-order valence-corrected chi connectivity index (χ0v) is 19.0. The predicted molar refractivity (Wildman–Crippen MR) is 127 cm³/mol. The number of nitrogens with zero attached hydrogens (tertiary/aromatic N) is 2. The highest BCUT2D eigenvalue weighted by molar-refractivity contribution is 9.10. The van der Waals surface area contributed by atoms with Crippen molar-refractivity contribution in [3.8, 4) is 5.75 Å². The van der Waals surface area contributed by atoms with Gasteiger partial charge in [0.25, 0.3) is 0 Å². The lowest BCUT2D eigenvalue weighted by Gasteiger charge is -2.35. The van der Waals surface area contributed by atoms with E-state index < -0.39 is 0 Å². The maximum atomic E-state index is 13.2. The number of hydrogen-bond donors (Lipinski definition) is 1. The first-order valence-corrected chi connectivity index (χ1v) is 11.5. The zero-order chi connectivity index (χ0) is 21.6. The third kappa shape index (κ3) is 5.54. The van der Waals surface area contributed by atoms with Crippen LogP contribution in [0, 0.1) is 0 Å².